The van der Waals surface area contributed by atoms with Crippen LogP contribution in [-0.2, 0) is 0 Å². The maximum absolute atomic E-state index is 13.4. The fourth-order valence-electron chi connectivity index (χ4n) is 1.44. The molecule has 0 radical (unpaired) electrons. The Morgan fingerprint density at radius 3 is 2.74 bits per heavy atom. The van der Waals surface area contributed by atoms with Crippen molar-refractivity contribution >= 4 is 23.3 Å². The van der Waals surface area contributed by atoms with Gasteiger partial charge in [0, 0.05) is 18.3 Å². The molecule has 19 heavy (non-hydrogen) atoms. The molecule has 0 fully saturated rings. The molecule has 0 bridgehead atoms. The fourth-order valence-corrected chi connectivity index (χ4v) is 1.60. The fraction of sp³-hybridized carbons (Fsp3) is 0. The summed E-state index contributed by atoms with van der Waals surface area (Å²) in [5, 5.41) is 19.2. The normalized spacial score (nSPS) is 10.4. The Balaban J connectivity index is 2.62. The smallest absolute Gasteiger partial charge is 0.356 e. The zero-order valence-corrected chi connectivity index (χ0v) is 9.83. The quantitative estimate of drug-likeness (QED) is 0.689. The van der Waals surface area contributed by atoms with Gasteiger partial charge in [-0.1, -0.05) is 11.6 Å². The lowest BCUT2D eigenvalue weighted by atomic mass is 10.2. The van der Waals surface area contributed by atoms with Gasteiger partial charge >= 0.3 is 5.97 Å². The highest BCUT2D eigenvalue weighted by Crippen LogP contribution is 2.29. The average molecular weight is 286 g/mol. The van der Waals surface area contributed by atoms with Gasteiger partial charge in [-0.2, -0.15) is 0 Å². The van der Waals surface area contributed by atoms with Crippen LogP contribution in [-0.4, -0.2) is 25.6 Å². The Morgan fingerprint density at radius 1 is 1.53 bits per heavy atom. The van der Waals surface area contributed by atoms with Crippen molar-refractivity contribution in [3.05, 3.63) is 51.3 Å². The predicted molar refractivity (Wildman–Crippen MR) is 62.1 cm³/mol. The van der Waals surface area contributed by atoms with Gasteiger partial charge in [-0.05, 0) is 0 Å². The van der Waals surface area contributed by atoms with Gasteiger partial charge in [0.15, 0.2) is 5.69 Å². The number of aromatic carboxylic acids is 1. The Labute approximate surface area is 110 Å². The van der Waals surface area contributed by atoms with Crippen LogP contribution in [0.2, 0.25) is 5.02 Å². The molecule has 0 amide bonds. The number of carboxylic acid groups (broad SMARTS) is 1. The maximum Gasteiger partial charge on any atom is 0.356 e. The number of nitro benzene ring substituents is 1. The van der Waals surface area contributed by atoms with E-state index in [2.05, 4.69) is 4.98 Å². The molecule has 7 nitrogen and oxygen atoms in total. The molecule has 0 saturated heterocycles. The van der Waals surface area contributed by atoms with Crippen LogP contribution in [0, 0.1) is 15.9 Å². The summed E-state index contributed by atoms with van der Waals surface area (Å²) in [5.41, 5.74) is -0.933. The third-order valence-corrected chi connectivity index (χ3v) is 2.58. The first-order valence-electron chi connectivity index (χ1n) is 4.81. The van der Waals surface area contributed by atoms with Gasteiger partial charge in [-0.25, -0.2) is 14.2 Å². The second-order valence-corrected chi connectivity index (χ2v) is 3.89. The molecule has 98 valence electrons. The maximum atomic E-state index is 13.4. The first-order valence-corrected chi connectivity index (χ1v) is 5.19. The summed E-state index contributed by atoms with van der Waals surface area (Å²) in [5.74, 6) is -2.15. The Kier molecular flexibility index (Phi) is 3.17. The van der Waals surface area contributed by atoms with Crippen LogP contribution >= 0.6 is 11.6 Å². The first kappa shape index (κ1) is 13.0. The van der Waals surface area contributed by atoms with Crippen molar-refractivity contribution in [1.82, 2.24) is 9.55 Å². The first-order chi connectivity index (χ1) is 8.90. The van der Waals surface area contributed by atoms with Crippen molar-refractivity contribution in [3.8, 4) is 5.69 Å². The minimum atomic E-state index is -1.30. The summed E-state index contributed by atoms with van der Waals surface area (Å²) in [4.78, 5) is 24.3. The largest absolute Gasteiger partial charge is 0.476 e. The number of carbonyl (C=O) groups is 1. The molecule has 1 aromatic carbocycles. The second-order valence-electron chi connectivity index (χ2n) is 3.48. The molecule has 0 saturated carbocycles. The highest BCUT2D eigenvalue weighted by atomic mass is 35.5. The standard InChI is InChI=1S/C10H5ClFN3O4/c11-5-1-9(15(18)19)8(2-6(5)12)14-3-7(10(16)17)13-4-14/h1-4H,(H,16,17). The average Bonchev–Trinajstić information content (AvgIpc) is 2.81. The van der Waals surface area contributed by atoms with Gasteiger partial charge in [0.25, 0.3) is 5.69 Å². The second kappa shape index (κ2) is 4.65. The van der Waals surface area contributed by atoms with Crippen molar-refractivity contribution in [1.29, 1.82) is 0 Å². The van der Waals surface area contributed by atoms with Crippen LogP contribution < -0.4 is 0 Å². The number of aromatic nitrogens is 2. The van der Waals surface area contributed by atoms with E-state index in [0.29, 0.717) is 0 Å². The number of benzene rings is 1. The van der Waals surface area contributed by atoms with Crippen molar-refractivity contribution in [2.24, 2.45) is 0 Å². The van der Waals surface area contributed by atoms with E-state index >= 15 is 0 Å². The van der Waals surface area contributed by atoms with E-state index in [1.807, 2.05) is 0 Å². The van der Waals surface area contributed by atoms with Crippen LogP contribution in [0.5, 0.6) is 0 Å². The van der Waals surface area contributed by atoms with Crippen LogP contribution in [0.3, 0.4) is 0 Å². The number of hydrogen-bond acceptors (Lipinski definition) is 4. The summed E-state index contributed by atoms with van der Waals surface area (Å²) in [6, 6.07) is 1.69. The lowest BCUT2D eigenvalue weighted by Crippen LogP contribution is -2.00. The molecule has 1 N–H and O–H groups in total. The number of hydrogen-bond donors (Lipinski definition) is 1. The summed E-state index contributed by atoms with van der Waals surface area (Å²) in [7, 11) is 0. The molecule has 9 heteroatoms. The molecule has 2 aromatic rings. The summed E-state index contributed by atoms with van der Waals surface area (Å²) in [6.07, 6.45) is 2.08. The van der Waals surface area contributed by atoms with Gasteiger partial charge in [0.1, 0.15) is 17.8 Å². The minimum absolute atomic E-state index is 0.160. The molecule has 0 aliphatic rings. The number of halogens is 2. The molecule has 0 aliphatic heterocycles. The minimum Gasteiger partial charge on any atom is -0.476 e. The molecular weight excluding hydrogens is 281 g/mol. The number of carboxylic acids is 1. The molecule has 0 aliphatic carbocycles. The van der Waals surface area contributed by atoms with Gasteiger partial charge in [-0.3, -0.25) is 14.7 Å². The van der Waals surface area contributed by atoms with Crippen LogP contribution in [0.4, 0.5) is 10.1 Å². The number of nitro groups is 1. The van der Waals surface area contributed by atoms with E-state index in [1.165, 1.54) is 0 Å². The SMILES string of the molecule is O=C(O)c1cn(-c2cc(F)c(Cl)cc2[N+](=O)[O-])cn1. The zero-order chi connectivity index (χ0) is 14.2. The van der Waals surface area contributed by atoms with E-state index in [0.717, 1.165) is 29.2 Å². The Bertz CT molecular complexity index is 685. The lowest BCUT2D eigenvalue weighted by molar-refractivity contribution is -0.384. The van der Waals surface area contributed by atoms with Crippen molar-refractivity contribution < 1.29 is 19.2 Å². The van der Waals surface area contributed by atoms with Crippen molar-refractivity contribution in [2.45, 2.75) is 0 Å². The molecule has 0 spiro atoms. The molecular formula is C10H5ClFN3O4. The zero-order valence-electron chi connectivity index (χ0n) is 9.08. The van der Waals surface area contributed by atoms with Gasteiger partial charge in [0.05, 0.1) is 9.95 Å². The van der Waals surface area contributed by atoms with Gasteiger partial charge in [0.2, 0.25) is 0 Å². The predicted octanol–water partition coefficient (Wildman–Crippen LogP) is 2.27. The Hall–Kier alpha value is -2.48. The number of rotatable bonds is 3. The molecule has 0 atom stereocenters. The summed E-state index contributed by atoms with van der Waals surface area (Å²) >= 11 is 5.47. The molecule has 2 rings (SSSR count). The molecule has 0 unspecified atom stereocenters. The number of imidazole rings is 1. The third kappa shape index (κ3) is 2.38. The lowest BCUT2D eigenvalue weighted by Gasteiger charge is -2.04. The van der Waals surface area contributed by atoms with Crippen molar-refractivity contribution in [2.75, 3.05) is 0 Å². The van der Waals surface area contributed by atoms with E-state index < -0.39 is 27.4 Å². The summed E-state index contributed by atoms with van der Waals surface area (Å²) < 4.78 is 14.4. The summed E-state index contributed by atoms with van der Waals surface area (Å²) in [6.45, 7) is 0. The van der Waals surface area contributed by atoms with Crippen molar-refractivity contribution in [3.63, 3.8) is 0 Å². The highest BCUT2D eigenvalue weighted by Gasteiger charge is 2.20. The van der Waals surface area contributed by atoms with E-state index in [1.54, 1.807) is 0 Å². The van der Waals surface area contributed by atoms with E-state index in [4.69, 9.17) is 16.7 Å². The molecule has 1 aromatic heterocycles. The van der Waals surface area contributed by atoms with E-state index in [-0.39, 0.29) is 11.4 Å². The topological polar surface area (TPSA) is 98.3 Å². The Morgan fingerprint density at radius 2 is 2.21 bits per heavy atom. The van der Waals surface area contributed by atoms with Gasteiger partial charge in [-0.15, -0.1) is 0 Å². The highest BCUT2D eigenvalue weighted by molar-refractivity contribution is 6.31. The van der Waals surface area contributed by atoms with Crippen LogP contribution in [0.15, 0.2) is 24.7 Å². The third-order valence-electron chi connectivity index (χ3n) is 2.29. The van der Waals surface area contributed by atoms with E-state index in [9.17, 15) is 19.3 Å². The molecule has 1 heterocycles. The monoisotopic (exact) mass is 285 g/mol. The van der Waals surface area contributed by atoms with Crippen LogP contribution in [0.1, 0.15) is 10.5 Å². The van der Waals surface area contributed by atoms with Gasteiger partial charge < -0.3 is 5.11 Å². The number of nitrogens with zero attached hydrogens (tertiary/aromatic N) is 3. The van der Waals surface area contributed by atoms with Crippen LogP contribution in [0.25, 0.3) is 5.69 Å².